The average molecular weight is 227 g/mol. The van der Waals surface area contributed by atoms with Gasteiger partial charge < -0.3 is 4.57 Å². The van der Waals surface area contributed by atoms with Gasteiger partial charge >= 0.3 is 0 Å². The Balaban J connectivity index is 2.18. The lowest BCUT2D eigenvalue weighted by Gasteiger charge is -2.18. The summed E-state index contributed by atoms with van der Waals surface area (Å²) in [5, 5.41) is 0.335. The molecule has 0 bridgehead atoms. The Labute approximate surface area is 96.7 Å². The van der Waals surface area contributed by atoms with Gasteiger partial charge in [-0.15, -0.1) is 11.6 Å². The number of aryl methyl sites for hydroxylation is 1. The molecular weight excluding hydrogens is 208 g/mol. The van der Waals surface area contributed by atoms with Crippen molar-refractivity contribution in [2.75, 3.05) is 0 Å². The second-order valence-electron chi connectivity index (χ2n) is 4.54. The molecule has 3 unspecified atom stereocenters. The highest BCUT2D eigenvalue weighted by atomic mass is 35.5. The van der Waals surface area contributed by atoms with Gasteiger partial charge in [-0.05, 0) is 25.2 Å². The van der Waals surface area contributed by atoms with Gasteiger partial charge in [-0.2, -0.15) is 0 Å². The van der Waals surface area contributed by atoms with Crippen molar-refractivity contribution in [2.45, 2.75) is 50.9 Å². The zero-order chi connectivity index (χ0) is 10.8. The second-order valence-corrected chi connectivity index (χ2v) is 5.10. The molecule has 0 amide bonds. The molecule has 3 heteroatoms. The van der Waals surface area contributed by atoms with Crippen molar-refractivity contribution in [1.29, 1.82) is 0 Å². The van der Waals surface area contributed by atoms with Crippen LogP contribution in [0.5, 0.6) is 0 Å². The summed E-state index contributed by atoms with van der Waals surface area (Å²) in [5.41, 5.74) is 0. The van der Waals surface area contributed by atoms with E-state index in [4.69, 9.17) is 11.6 Å². The highest BCUT2D eigenvalue weighted by Crippen LogP contribution is 2.41. The third-order valence-corrected chi connectivity index (χ3v) is 4.12. The van der Waals surface area contributed by atoms with Crippen LogP contribution >= 0.6 is 11.6 Å². The van der Waals surface area contributed by atoms with Crippen molar-refractivity contribution >= 4 is 11.6 Å². The van der Waals surface area contributed by atoms with Gasteiger partial charge in [0, 0.05) is 30.2 Å². The zero-order valence-corrected chi connectivity index (χ0v) is 10.2. The first-order valence-electron chi connectivity index (χ1n) is 5.89. The lowest BCUT2D eigenvalue weighted by molar-refractivity contribution is 0.483. The lowest BCUT2D eigenvalue weighted by Crippen LogP contribution is -2.14. The summed E-state index contributed by atoms with van der Waals surface area (Å²) in [6.45, 7) is 5.53. The molecular formula is C12H19ClN2. The van der Waals surface area contributed by atoms with Gasteiger partial charge in [0.1, 0.15) is 5.82 Å². The van der Waals surface area contributed by atoms with Crippen LogP contribution < -0.4 is 0 Å². The Morgan fingerprint density at radius 2 is 2.33 bits per heavy atom. The molecule has 1 aliphatic rings. The van der Waals surface area contributed by atoms with E-state index in [0.717, 1.165) is 19.4 Å². The molecule has 0 spiro atoms. The van der Waals surface area contributed by atoms with Gasteiger partial charge in [-0.1, -0.05) is 13.8 Å². The Morgan fingerprint density at radius 3 is 2.93 bits per heavy atom. The molecule has 2 rings (SSSR count). The number of aromatic nitrogens is 2. The molecule has 15 heavy (non-hydrogen) atoms. The van der Waals surface area contributed by atoms with E-state index < -0.39 is 0 Å². The number of imidazole rings is 1. The molecule has 0 saturated heterocycles. The molecule has 0 radical (unpaired) electrons. The predicted molar refractivity (Wildman–Crippen MR) is 63.3 cm³/mol. The SMILES string of the molecule is CCCn1ccnc1C1CCC(Cl)C1C. The van der Waals surface area contributed by atoms with Crippen molar-refractivity contribution < 1.29 is 0 Å². The van der Waals surface area contributed by atoms with Gasteiger partial charge in [0.05, 0.1) is 0 Å². The fourth-order valence-electron chi connectivity index (χ4n) is 2.56. The first-order chi connectivity index (χ1) is 7.24. The van der Waals surface area contributed by atoms with E-state index in [-0.39, 0.29) is 0 Å². The zero-order valence-electron chi connectivity index (χ0n) is 9.49. The highest BCUT2D eigenvalue weighted by molar-refractivity contribution is 6.21. The molecule has 1 aromatic heterocycles. The summed E-state index contributed by atoms with van der Waals surface area (Å²) >= 11 is 6.27. The van der Waals surface area contributed by atoms with Gasteiger partial charge in [-0.3, -0.25) is 0 Å². The van der Waals surface area contributed by atoms with Gasteiger partial charge in [0.15, 0.2) is 0 Å². The van der Waals surface area contributed by atoms with Crippen LogP contribution in [0.3, 0.4) is 0 Å². The maximum absolute atomic E-state index is 6.27. The molecule has 2 nitrogen and oxygen atoms in total. The topological polar surface area (TPSA) is 17.8 Å². The van der Waals surface area contributed by atoms with E-state index in [0.29, 0.717) is 17.2 Å². The maximum Gasteiger partial charge on any atom is 0.112 e. The van der Waals surface area contributed by atoms with Gasteiger partial charge in [-0.25, -0.2) is 4.98 Å². The van der Waals surface area contributed by atoms with Crippen LogP contribution in [0.15, 0.2) is 12.4 Å². The molecule has 3 atom stereocenters. The first kappa shape index (κ1) is 11.0. The quantitative estimate of drug-likeness (QED) is 0.723. The minimum Gasteiger partial charge on any atom is -0.335 e. The average Bonchev–Trinajstić information content (AvgIpc) is 2.77. The summed E-state index contributed by atoms with van der Waals surface area (Å²) in [6.07, 6.45) is 7.49. The number of hydrogen-bond donors (Lipinski definition) is 0. The minimum absolute atomic E-state index is 0.335. The van der Waals surface area contributed by atoms with Crippen molar-refractivity contribution in [3.8, 4) is 0 Å². The molecule has 1 fully saturated rings. The number of halogens is 1. The molecule has 0 aromatic carbocycles. The molecule has 1 saturated carbocycles. The van der Waals surface area contributed by atoms with E-state index in [1.54, 1.807) is 0 Å². The molecule has 0 aliphatic heterocycles. The third kappa shape index (κ3) is 2.05. The fraction of sp³-hybridized carbons (Fsp3) is 0.750. The predicted octanol–water partition coefficient (Wildman–Crippen LogP) is 3.41. The van der Waals surface area contributed by atoms with E-state index in [1.807, 2.05) is 6.20 Å². The van der Waals surface area contributed by atoms with Crippen LogP contribution in [0.1, 0.15) is 44.9 Å². The smallest absolute Gasteiger partial charge is 0.112 e. The fourth-order valence-corrected chi connectivity index (χ4v) is 2.86. The van der Waals surface area contributed by atoms with Gasteiger partial charge in [0.25, 0.3) is 0 Å². The molecule has 1 aromatic rings. The molecule has 1 aliphatic carbocycles. The Hall–Kier alpha value is -0.500. The summed E-state index contributed by atoms with van der Waals surface area (Å²) in [7, 11) is 0. The summed E-state index contributed by atoms with van der Waals surface area (Å²) in [5.74, 6) is 2.37. The van der Waals surface area contributed by atoms with E-state index in [2.05, 4.69) is 29.6 Å². The Morgan fingerprint density at radius 1 is 1.53 bits per heavy atom. The molecule has 1 heterocycles. The normalized spacial score (nSPS) is 31.0. The number of hydrogen-bond acceptors (Lipinski definition) is 1. The van der Waals surface area contributed by atoms with Crippen molar-refractivity contribution in [1.82, 2.24) is 9.55 Å². The van der Waals surface area contributed by atoms with Crippen LogP contribution in [0, 0.1) is 5.92 Å². The van der Waals surface area contributed by atoms with Crippen molar-refractivity contribution in [3.05, 3.63) is 18.2 Å². The van der Waals surface area contributed by atoms with Crippen molar-refractivity contribution in [3.63, 3.8) is 0 Å². The van der Waals surface area contributed by atoms with Crippen LogP contribution in [-0.2, 0) is 6.54 Å². The van der Waals surface area contributed by atoms with Crippen LogP contribution in [0.4, 0.5) is 0 Å². The summed E-state index contributed by atoms with van der Waals surface area (Å²) in [4.78, 5) is 4.51. The van der Waals surface area contributed by atoms with Gasteiger partial charge in [0.2, 0.25) is 0 Å². The Kier molecular flexibility index (Phi) is 3.35. The second kappa shape index (κ2) is 4.56. The largest absolute Gasteiger partial charge is 0.335 e. The minimum atomic E-state index is 0.335. The Bertz CT molecular complexity index is 321. The third-order valence-electron chi connectivity index (χ3n) is 3.50. The highest BCUT2D eigenvalue weighted by Gasteiger charge is 2.34. The van der Waals surface area contributed by atoms with E-state index in [9.17, 15) is 0 Å². The van der Waals surface area contributed by atoms with Crippen molar-refractivity contribution in [2.24, 2.45) is 5.92 Å². The first-order valence-corrected chi connectivity index (χ1v) is 6.32. The number of alkyl halides is 1. The van der Waals surface area contributed by atoms with E-state index in [1.165, 1.54) is 12.2 Å². The maximum atomic E-state index is 6.27. The lowest BCUT2D eigenvalue weighted by atomic mass is 9.97. The van der Waals surface area contributed by atoms with E-state index >= 15 is 0 Å². The van der Waals surface area contributed by atoms with Crippen LogP contribution in [0.2, 0.25) is 0 Å². The number of nitrogens with zero attached hydrogens (tertiary/aromatic N) is 2. The monoisotopic (exact) mass is 226 g/mol. The van der Waals surface area contributed by atoms with Crippen LogP contribution in [-0.4, -0.2) is 14.9 Å². The number of rotatable bonds is 3. The summed E-state index contributed by atoms with van der Waals surface area (Å²) < 4.78 is 2.29. The summed E-state index contributed by atoms with van der Waals surface area (Å²) in [6, 6.07) is 0. The molecule has 0 N–H and O–H groups in total. The van der Waals surface area contributed by atoms with Crippen LogP contribution in [0.25, 0.3) is 0 Å². The molecule has 84 valence electrons. The standard InChI is InChI=1S/C12H19ClN2/c1-3-7-15-8-6-14-12(15)10-4-5-11(13)9(10)2/h6,8-11H,3-5,7H2,1-2H3.